The van der Waals surface area contributed by atoms with E-state index in [1.807, 2.05) is 47.4 Å². The zero-order valence-electron chi connectivity index (χ0n) is 19.0. The van der Waals surface area contributed by atoms with E-state index in [1.165, 1.54) is 5.56 Å². The molecule has 3 aromatic carbocycles. The fraction of sp³-hybridized carbons (Fsp3) is 0.185. The van der Waals surface area contributed by atoms with Gasteiger partial charge in [-0.1, -0.05) is 54.1 Å². The van der Waals surface area contributed by atoms with Crippen molar-refractivity contribution in [1.29, 1.82) is 0 Å². The third-order valence-corrected chi connectivity index (χ3v) is 6.69. The molecule has 0 spiro atoms. The van der Waals surface area contributed by atoms with E-state index in [0.29, 0.717) is 43.2 Å². The maximum Gasteiger partial charge on any atom is 0.253 e. The van der Waals surface area contributed by atoms with E-state index in [-0.39, 0.29) is 5.91 Å². The number of para-hydroxylation sites is 1. The minimum absolute atomic E-state index is 0.0204. The van der Waals surface area contributed by atoms with E-state index in [9.17, 15) is 4.79 Å². The first-order valence-corrected chi connectivity index (χ1v) is 12.0. The molecular formula is C27H23ClN6O. The molecule has 0 unspecified atom stereocenters. The summed E-state index contributed by atoms with van der Waals surface area (Å²) in [5.74, 6) is 1.68. The van der Waals surface area contributed by atoms with Gasteiger partial charge in [0.2, 0.25) is 5.95 Å². The summed E-state index contributed by atoms with van der Waals surface area (Å²) >= 11 is 5.98. The summed E-state index contributed by atoms with van der Waals surface area (Å²) < 4.78 is 2.08. The highest BCUT2D eigenvalue weighted by atomic mass is 35.5. The highest BCUT2D eigenvalue weighted by molar-refractivity contribution is 6.30. The highest BCUT2D eigenvalue weighted by Gasteiger charge is 2.26. The molecular weight excluding hydrogens is 460 g/mol. The van der Waals surface area contributed by atoms with E-state index < -0.39 is 0 Å². The molecule has 1 amide bonds. The van der Waals surface area contributed by atoms with Gasteiger partial charge in [-0.05, 0) is 42.0 Å². The van der Waals surface area contributed by atoms with Crippen LogP contribution in [0.4, 0.5) is 5.95 Å². The Morgan fingerprint density at radius 2 is 1.54 bits per heavy atom. The van der Waals surface area contributed by atoms with Crippen LogP contribution in [0.1, 0.15) is 21.7 Å². The lowest BCUT2D eigenvalue weighted by Gasteiger charge is -2.35. The van der Waals surface area contributed by atoms with E-state index in [4.69, 9.17) is 16.6 Å². The minimum Gasteiger partial charge on any atom is -0.338 e. The third-order valence-electron chi connectivity index (χ3n) is 6.44. The zero-order chi connectivity index (χ0) is 23.8. The smallest absolute Gasteiger partial charge is 0.253 e. The Labute approximate surface area is 207 Å². The topological polar surface area (TPSA) is 66.6 Å². The van der Waals surface area contributed by atoms with Crippen molar-refractivity contribution in [3.8, 4) is 0 Å². The lowest BCUT2D eigenvalue weighted by molar-refractivity contribution is 0.0746. The summed E-state index contributed by atoms with van der Waals surface area (Å²) in [6, 6.07) is 25.3. The van der Waals surface area contributed by atoms with E-state index in [2.05, 4.69) is 31.6 Å². The molecule has 1 aliphatic heterocycles. The molecule has 0 aliphatic carbocycles. The molecule has 0 atom stereocenters. The van der Waals surface area contributed by atoms with Crippen molar-refractivity contribution in [2.45, 2.75) is 6.42 Å². The molecule has 0 bridgehead atoms. The Morgan fingerprint density at radius 3 is 2.31 bits per heavy atom. The van der Waals surface area contributed by atoms with Crippen molar-refractivity contribution >= 4 is 40.0 Å². The van der Waals surface area contributed by atoms with Gasteiger partial charge >= 0.3 is 0 Å². The van der Waals surface area contributed by atoms with Crippen LogP contribution in [0.15, 0.2) is 78.9 Å². The molecule has 3 heterocycles. The second-order valence-electron chi connectivity index (χ2n) is 8.65. The number of anilines is 1. The number of piperazine rings is 1. The standard InChI is InChI=1S/C27H23ClN6O/c28-21-12-10-20(11-13-21)26(35)32-14-16-33(17-15-32)27-29-23-9-5-4-8-22(23)25-31-30-24(34(25)27)18-19-6-2-1-3-7-19/h1-13H,14-18H2. The van der Waals surface area contributed by atoms with Crippen LogP contribution in [0.3, 0.4) is 0 Å². The Balaban J connectivity index is 1.33. The maximum absolute atomic E-state index is 13.0. The average molecular weight is 483 g/mol. The van der Waals surface area contributed by atoms with Crippen molar-refractivity contribution in [2.24, 2.45) is 0 Å². The molecule has 8 heteroatoms. The van der Waals surface area contributed by atoms with Crippen LogP contribution in [-0.4, -0.2) is 56.6 Å². The zero-order valence-corrected chi connectivity index (χ0v) is 19.8. The first-order chi connectivity index (χ1) is 17.2. The highest BCUT2D eigenvalue weighted by Crippen LogP contribution is 2.26. The normalized spacial score (nSPS) is 14.1. The molecule has 2 aromatic heterocycles. The van der Waals surface area contributed by atoms with Crippen LogP contribution in [0, 0.1) is 0 Å². The number of aromatic nitrogens is 4. The van der Waals surface area contributed by atoms with Gasteiger partial charge in [0.1, 0.15) is 5.82 Å². The second-order valence-corrected chi connectivity index (χ2v) is 9.09. The van der Waals surface area contributed by atoms with Crippen LogP contribution in [0.25, 0.3) is 16.6 Å². The molecule has 7 nitrogen and oxygen atoms in total. The maximum atomic E-state index is 13.0. The van der Waals surface area contributed by atoms with Crippen LogP contribution < -0.4 is 4.90 Å². The first kappa shape index (κ1) is 21.6. The Bertz CT molecular complexity index is 1510. The fourth-order valence-electron chi connectivity index (χ4n) is 4.61. The Kier molecular flexibility index (Phi) is 5.54. The quantitative estimate of drug-likeness (QED) is 0.378. The van der Waals surface area contributed by atoms with Gasteiger partial charge in [-0.2, -0.15) is 0 Å². The number of hydrogen-bond donors (Lipinski definition) is 0. The number of rotatable bonds is 4. The van der Waals surface area contributed by atoms with Crippen LogP contribution in [0.2, 0.25) is 5.02 Å². The predicted molar refractivity (Wildman–Crippen MR) is 137 cm³/mol. The fourth-order valence-corrected chi connectivity index (χ4v) is 4.73. The predicted octanol–water partition coefficient (Wildman–Crippen LogP) is 4.48. The lowest BCUT2D eigenvalue weighted by atomic mass is 10.1. The molecule has 1 fully saturated rings. The van der Waals surface area contributed by atoms with Gasteiger partial charge in [0, 0.05) is 48.6 Å². The number of halogens is 1. The number of hydrogen-bond acceptors (Lipinski definition) is 5. The number of amides is 1. The largest absolute Gasteiger partial charge is 0.338 e. The number of fused-ring (bicyclic) bond motifs is 3. The van der Waals surface area contributed by atoms with Crippen molar-refractivity contribution in [3.63, 3.8) is 0 Å². The van der Waals surface area contributed by atoms with Gasteiger partial charge in [-0.3, -0.25) is 4.79 Å². The van der Waals surface area contributed by atoms with Crippen molar-refractivity contribution in [1.82, 2.24) is 24.5 Å². The van der Waals surface area contributed by atoms with Crippen LogP contribution in [-0.2, 0) is 6.42 Å². The van der Waals surface area contributed by atoms with Gasteiger partial charge in [0.25, 0.3) is 5.91 Å². The van der Waals surface area contributed by atoms with Crippen molar-refractivity contribution in [2.75, 3.05) is 31.1 Å². The number of carbonyl (C=O) groups is 1. The lowest BCUT2D eigenvalue weighted by Crippen LogP contribution is -2.49. The van der Waals surface area contributed by atoms with Gasteiger partial charge in [0.15, 0.2) is 5.65 Å². The average Bonchev–Trinajstić information content (AvgIpc) is 3.33. The number of carbonyl (C=O) groups excluding carboxylic acids is 1. The van der Waals surface area contributed by atoms with Gasteiger partial charge in [-0.25, -0.2) is 9.38 Å². The molecule has 1 saturated heterocycles. The summed E-state index contributed by atoms with van der Waals surface area (Å²) in [7, 11) is 0. The van der Waals surface area contributed by atoms with Crippen molar-refractivity contribution in [3.05, 3.63) is 101 Å². The molecule has 0 saturated carbocycles. The summed E-state index contributed by atoms with van der Waals surface area (Å²) in [5, 5.41) is 10.7. The SMILES string of the molecule is O=C(c1ccc(Cl)cc1)N1CCN(c2nc3ccccc3c3nnc(Cc4ccccc4)n23)CC1. The second kappa shape index (κ2) is 9.00. The summed E-state index contributed by atoms with van der Waals surface area (Å²) in [4.78, 5) is 22.1. The monoisotopic (exact) mass is 482 g/mol. The number of benzene rings is 3. The molecule has 5 aromatic rings. The van der Waals surface area contributed by atoms with Gasteiger partial charge < -0.3 is 9.80 Å². The van der Waals surface area contributed by atoms with E-state index >= 15 is 0 Å². The molecule has 6 rings (SSSR count). The van der Waals surface area contributed by atoms with Crippen LogP contribution >= 0.6 is 11.6 Å². The minimum atomic E-state index is 0.0204. The van der Waals surface area contributed by atoms with Gasteiger partial charge in [-0.15, -0.1) is 10.2 Å². The molecule has 35 heavy (non-hydrogen) atoms. The third kappa shape index (κ3) is 4.08. The van der Waals surface area contributed by atoms with Crippen LogP contribution in [0.5, 0.6) is 0 Å². The van der Waals surface area contributed by atoms with Gasteiger partial charge in [0.05, 0.1) is 5.52 Å². The molecule has 174 valence electrons. The molecule has 1 aliphatic rings. The Hall–Kier alpha value is -3.97. The summed E-state index contributed by atoms with van der Waals surface area (Å²) in [6.07, 6.45) is 0.657. The molecule has 0 N–H and O–H groups in total. The molecule has 0 radical (unpaired) electrons. The van der Waals surface area contributed by atoms with E-state index in [0.717, 1.165) is 28.3 Å². The summed E-state index contributed by atoms with van der Waals surface area (Å²) in [6.45, 7) is 2.55. The summed E-state index contributed by atoms with van der Waals surface area (Å²) in [5.41, 5.74) is 3.50. The Morgan fingerprint density at radius 1 is 0.829 bits per heavy atom. The van der Waals surface area contributed by atoms with Crippen molar-refractivity contribution < 1.29 is 4.79 Å². The van der Waals surface area contributed by atoms with E-state index in [1.54, 1.807) is 24.3 Å². The number of nitrogens with zero attached hydrogens (tertiary/aromatic N) is 6. The first-order valence-electron chi connectivity index (χ1n) is 11.6.